The van der Waals surface area contributed by atoms with E-state index in [2.05, 4.69) is 19.2 Å². The fourth-order valence-electron chi connectivity index (χ4n) is 13.7. The lowest BCUT2D eigenvalue weighted by Crippen LogP contribution is -2.66. The van der Waals surface area contributed by atoms with Crippen LogP contribution < -0.4 is 5.32 Å². The third kappa shape index (κ3) is 39.0. The Bertz CT molecular complexity index is 1770. The molecule has 0 spiro atoms. The maximum atomic E-state index is 13.4. The number of hydrogen-bond acceptors (Lipinski definition) is 18. The predicted molar refractivity (Wildman–Crippen MR) is 374 cm³/mol. The Kier molecular flexibility index (Phi) is 53.6. The molecule has 0 aromatic rings. The SMILES string of the molecule is CCCCCCCCCCCCCCCCCCCCCCCCCCCCCCCCC/C=C/C(O)C(COC1OC(CO)C(OC2OC(CO)C(OC3OC(CO)C(O)C(O)C3O)C(O)C2O)C(O)C1O)NC(=O)CCCCCCCCCCCCCCCCCCC. The average molecular weight is 1360 g/mol. The van der Waals surface area contributed by atoms with E-state index in [0.29, 0.717) is 6.42 Å². The van der Waals surface area contributed by atoms with Gasteiger partial charge in [0, 0.05) is 6.42 Å². The maximum absolute atomic E-state index is 13.4. The molecule has 0 aromatic carbocycles. The first-order valence-corrected chi connectivity index (χ1v) is 39.4. The molecule has 3 fully saturated rings. The summed E-state index contributed by atoms with van der Waals surface area (Å²) < 4.78 is 34.4. The summed E-state index contributed by atoms with van der Waals surface area (Å²) in [5.41, 5.74) is 0. The van der Waals surface area contributed by atoms with Gasteiger partial charge in [-0.2, -0.15) is 0 Å². The quantitative estimate of drug-likeness (QED) is 0.0199. The molecule has 3 heterocycles. The Balaban J connectivity index is 1.36. The Hall–Kier alpha value is -1.47. The highest BCUT2D eigenvalue weighted by Crippen LogP contribution is 2.33. The molecular weight excluding hydrogens is 1210 g/mol. The van der Waals surface area contributed by atoms with Crippen LogP contribution in [0.5, 0.6) is 0 Å². The van der Waals surface area contributed by atoms with E-state index in [4.69, 9.17) is 28.4 Å². The molecular formula is C76H145NO18. The van der Waals surface area contributed by atoms with Crippen LogP contribution in [0.25, 0.3) is 0 Å². The molecule has 12 N–H and O–H groups in total. The summed E-state index contributed by atoms with van der Waals surface area (Å²) >= 11 is 0. The van der Waals surface area contributed by atoms with Gasteiger partial charge in [-0.15, -0.1) is 0 Å². The molecule has 19 nitrogen and oxygen atoms in total. The number of carbonyl (C=O) groups is 1. The molecule has 1 amide bonds. The molecule has 3 aliphatic heterocycles. The topological polar surface area (TPSA) is 307 Å². The number of aliphatic hydroxyl groups is 11. The summed E-state index contributed by atoms with van der Waals surface area (Å²) in [5.74, 6) is -0.268. The number of aliphatic hydroxyl groups excluding tert-OH is 11. The standard InChI is InChI=1S/C76H145NO18/c1-3-5-7-9-11-13-15-17-19-21-22-23-24-25-26-27-28-29-30-31-32-33-34-35-36-38-39-41-43-45-47-49-51-53-60(81)59(77-64(82)54-52-50-48-46-44-42-40-37-20-18-16-14-12-10-8-6-4-2)58-90-74-70(88)67(85)72(62(56-79)92-74)95-76-71(89)68(86)73(63(57-80)93-76)94-75-69(87)66(84)65(83)61(55-78)91-75/h51,53,59-63,65-76,78-81,83-89H,3-50,52,54-58H2,1-2H3,(H,77,82)/b53-51+. The van der Waals surface area contributed by atoms with E-state index in [0.717, 1.165) is 44.9 Å². The summed E-state index contributed by atoms with van der Waals surface area (Å²) in [4.78, 5) is 13.4. The molecule has 95 heavy (non-hydrogen) atoms. The fraction of sp³-hybridized carbons (Fsp3) is 0.961. The predicted octanol–water partition coefficient (Wildman–Crippen LogP) is 12.4. The number of amides is 1. The zero-order valence-corrected chi connectivity index (χ0v) is 59.9. The van der Waals surface area contributed by atoms with E-state index in [-0.39, 0.29) is 18.9 Å². The number of carbonyl (C=O) groups excluding carboxylic acids is 1. The van der Waals surface area contributed by atoms with Crippen molar-refractivity contribution in [3.63, 3.8) is 0 Å². The molecule has 0 aromatic heterocycles. The first kappa shape index (κ1) is 87.7. The van der Waals surface area contributed by atoms with E-state index >= 15 is 0 Å². The van der Waals surface area contributed by atoms with Gasteiger partial charge in [0.25, 0.3) is 0 Å². The van der Waals surface area contributed by atoms with E-state index in [1.165, 1.54) is 263 Å². The van der Waals surface area contributed by atoms with Crippen LogP contribution in [0.2, 0.25) is 0 Å². The minimum atomic E-state index is -1.98. The smallest absolute Gasteiger partial charge is 0.220 e. The molecule has 3 rings (SSSR count). The van der Waals surface area contributed by atoms with Crippen molar-refractivity contribution in [1.29, 1.82) is 0 Å². The second-order valence-electron chi connectivity index (χ2n) is 28.5. The van der Waals surface area contributed by atoms with Gasteiger partial charge in [0.15, 0.2) is 18.9 Å². The zero-order valence-electron chi connectivity index (χ0n) is 59.9. The van der Waals surface area contributed by atoms with Crippen molar-refractivity contribution in [3.05, 3.63) is 12.2 Å². The van der Waals surface area contributed by atoms with E-state index in [1.54, 1.807) is 6.08 Å². The van der Waals surface area contributed by atoms with Crippen molar-refractivity contribution in [2.75, 3.05) is 26.4 Å². The minimum Gasteiger partial charge on any atom is -0.394 e. The van der Waals surface area contributed by atoms with Gasteiger partial charge in [0.2, 0.25) is 5.91 Å². The number of nitrogens with one attached hydrogen (secondary N) is 1. The molecule has 0 bridgehead atoms. The average Bonchev–Trinajstić information content (AvgIpc) is 0.787. The van der Waals surface area contributed by atoms with Crippen LogP contribution in [0.1, 0.15) is 335 Å². The Morgan fingerprint density at radius 2 is 0.653 bits per heavy atom. The first-order chi connectivity index (χ1) is 46.3. The van der Waals surface area contributed by atoms with Crippen LogP contribution in [0.3, 0.4) is 0 Å². The monoisotopic (exact) mass is 1360 g/mol. The zero-order chi connectivity index (χ0) is 68.9. The van der Waals surface area contributed by atoms with Crippen molar-refractivity contribution < 1.29 is 89.4 Å². The lowest BCUT2D eigenvalue weighted by Gasteiger charge is -2.48. The third-order valence-corrected chi connectivity index (χ3v) is 20.1. The molecule has 0 radical (unpaired) electrons. The van der Waals surface area contributed by atoms with E-state index < -0.39 is 124 Å². The molecule has 0 saturated carbocycles. The van der Waals surface area contributed by atoms with Crippen LogP contribution in [0.4, 0.5) is 0 Å². The number of unbranched alkanes of at least 4 members (excludes halogenated alkanes) is 47. The first-order valence-electron chi connectivity index (χ1n) is 39.4. The summed E-state index contributed by atoms with van der Waals surface area (Å²) in [6.45, 7) is 1.79. The minimum absolute atomic E-state index is 0.250. The normalized spacial score (nSPS) is 27.2. The number of ether oxygens (including phenoxy) is 6. The molecule has 19 heteroatoms. The Morgan fingerprint density at radius 1 is 0.368 bits per heavy atom. The molecule has 3 saturated heterocycles. The Labute approximate surface area is 576 Å². The van der Waals surface area contributed by atoms with Gasteiger partial charge in [-0.25, -0.2) is 0 Å². The van der Waals surface area contributed by atoms with E-state index in [1.807, 2.05) is 6.08 Å². The van der Waals surface area contributed by atoms with Crippen molar-refractivity contribution in [2.45, 2.75) is 439 Å². The third-order valence-electron chi connectivity index (χ3n) is 20.1. The molecule has 562 valence electrons. The van der Waals surface area contributed by atoms with Crippen molar-refractivity contribution >= 4 is 5.91 Å². The number of allylic oxidation sites excluding steroid dienone is 1. The second-order valence-corrected chi connectivity index (χ2v) is 28.5. The van der Waals surface area contributed by atoms with Gasteiger partial charge in [-0.1, -0.05) is 321 Å². The lowest BCUT2D eigenvalue weighted by atomic mass is 9.96. The van der Waals surface area contributed by atoms with Crippen molar-refractivity contribution in [1.82, 2.24) is 5.32 Å². The Morgan fingerprint density at radius 3 is 0.989 bits per heavy atom. The summed E-state index contributed by atoms with van der Waals surface area (Å²) in [6, 6.07) is -0.969. The van der Waals surface area contributed by atoms with Crippen molar-refractivity contribution in [3.8, 4) is 0 Å². The molecule has 3 aliphatic rings. The van der Waals surface area contributed by atoms with Gasteiger partial charge in [0.05, 0.1) is 38.6 Å². The van der Waals surface area contributed by atoms with Crippen LogP contribution in [-0.2, 0) is 33.2 Å². The highest BCUT2D eigenvalue weighted by Gasteiger charge is 2.53. The van der Waals surface area contributed by atoms with Crippen LogP contribution >= 0.6 is 0 Å². The van der Waals surface area contributed by atoms with Gasteiger partial charge in [-0.3, -0.25) is 4.79 Å². The largest absolute Gasteiger partial charge is 0.394 e. The molecule has 17 atom stereocenters. The van der Waals surface area contributed by atoms with Gasteiger partial charge in [0.1, 0.15) is 73.2 Å². The number of rotatable bonds is 63. The molecule has 17 unspecified atom stereocenters. The highest BCUT2D eigenvalue weighted by molar-refractivity contribution is 5.76. The van der Waals surface area contributed by atoms with E-state index in [9.17, 15) is 61.0 Å². The summed E-state index contributed by atoms with van der Waals surface area (Å²) in [5, 5.41) is 121. The lowest BCUT2D eigenvalue weighted by molar-refractivity contribution is -0.379. The molecule has 0 aliphatic carbocycles. The number of hydrogen-bond donors (Lipinski definition) is 12. The van der Waals surface area contributed by atoms with Gasteiger partial charge >= 0.3 is 0 Å². The van der Waals surface area contributed by atoms with Crippen molar-refractivity contribution in [2.24, 2.45) is 0 Å². The summed E-state index contributed by atoms with van der Waals surface area (Å²) in [7, 11) is 0. The van der Waals surface area contributed by atoms with Gasteiger partial charge in [-0.05, 0) is 19.3 Å². The van der Waals surface area contributed by atoms with Crippen LogP contribution in [-0.4, -0.2) is 193 Å². The van der Waals surface area contributed by atoms with Gasteiger partial charge < -0.3 is 89.9 Å². The second kappa shape index (κ2) is 58.1. The maximum Gasteiger partial charge on any atom is 0.220 e. The van der Waals surface area contributed by atoms with Crippen LogP contribution in [0.15, 0.2) is 12.2 Å². The summed E-state index contributed by atoms with van der Waals surface area (Å²) in [6.07, 6.45) is 40.7. The fourth-order valence-corrected chi connectivity index (χ4v) is 13.7. The highest BCUT2D eigenvalue weighted by atomic mass is 16.8. The van der Waals surface area contributed by atoms with Crippen LogP contribution in [0, 0.1) is 0 Å².